The van der Waals surface area contributed by atoms with E-state index in [-0.39, 0.29) is 5.91 Å². The van der Waals surface area contributed by atoms with Crippen molar-refractivity contribution in [2.45, 2.75) is 52.5 Å². The van der Waals surface area contributed by atoms with Crippen molar-refractivity contribution in [1.29, 1.82) is 0 Å². The largest absolute Gasteiger partial charge is 0.469 e. The molecule has 1 aliphatic carbocycles. The van der Waals surface area contributed by atoms with Crippen LogP contribution in [0.1, 0.15) is 44.1 Å². The Labute approximate surface area is 179 Å². The molecule has 30 heavy (non-hydrogen) atoms. The Morgan fingerprint density at radius 1 is 1.17 bits per heavy atom. The number of guanidine groups is 1. The fourth-order valence-electron chi connectivity index (χ4n) is 3.67. The van der Waals surface area contributed by atoms with Gasteiger partial charge in [0.15, 0.2) is 5.96 Å². The van der Waals surface area contributed by atoms with Gasteiger partial charge >= 0.3 is 0 Å². The summed E-state index contributed by atoms with van der Waals surface area (Å²) in [6.07, 6.45) is 5.58. The Balaban J connectivity index is 1.64. The van der Waals surface area contributed by atoms with Gasteiger partial charge in [0.25, 0.3) is 0 Å². The van der Waals surface area contributed by atoms with Crippen molar-refractivity contribution in [2.75, 3.05) is 19.6 Å². The highest BCUT2D eigenvalue weighted by molar-refractivity contribution is 5.83. The summed E-state index contributed by atoms with van der Waals surface area (Å²) in [5.41, 5.74) is 2.28. The third kappa shape index (κ3) is 6.12. The third-order valence-electron chi connectivity index (χ3n) is 5.52. The van der Waals surface area contributed by atoms with Crippen molar-refractivity contribution in [2.24, 2.45) is 10.4 Å². The Bertz CT molecular complexity index is 843. The van der Waals surface area contributed by atoms with Crippen LogP contribution in [0.3, 0.4) is 0 Å². The van der Waals surface area contributed by atoms with Crippen LogP contribution in [0.5, 0.6) is 0 Å². The molecule has 0 saturated heterocycles. The maximum Gasteiger partial charge on any atom is 0.227 e. The molecule has 1 aromatic carbocycles. The lowest BCUT2D eigenvalue weighted by atomic mass is 9.88. The highest BCUT2D eigenvalue weighted by atomic mass is 16.3. The van der Waals surface area contributed by atoms with Gasteiger partial charge in [0, 0.05) is 25.6 Å². The van der Waals surface area contributed by atoms with Gasteiger partial charge < -0.3 is 20.4 Å². The summed E-state index contributed by atoms with van der Waals surface area (Å²) >= 11 is 0. The molecule has 1 atom stereocenters. The van der Waals surface area contributed by atoms with Crippen LogP contribution < -0.4 is 16.0 Å². The monoisotopic (exact) mass is 410 g/mol. The molecule has 3 rings (SSSR count). The number of hydrogen-bond donors (Lipinski definition) is 3. The first-order valence-corrected chi connectivity index (χ1v) is 10.9. The number of amides is 1. The standard InChI is InChI=1S/C24H34N4O2/c1-4-25-22(29)24(2,3)17-27-23(26-14-13-21-10-7-15-30-21)28-20-12-11-18-8-5-6-9-19(18)16-20/h5-10,15,20H,4,11-14,16-17H2,1-3H3,(H,25,29)(H2,26,27,28). The van der Waals surface area contributed by atoms with Gasteiger partial charge in [-0.15, -0.1) is 0 Å². The smallest absolute Gasteiger partial charge is 0.227 e. The summed E-state index contributed by atoms with van der Waals surface area (Å²) < 4.78 is 5.42. The fraction of sp³-hybridized carbons (Fsp3) is 0.500. The number of fused-ring (bicyclic) bond motifs is 1. The molecule has 1 heterocycles. The number of nitrogens with one attached hydrogen (secondary N) is 3. The first kappa shape index (κ1) is 21.9. The lowest BCUT2D eigenvalue weighted by molar-refractivity contribution is -0.128. The molecule has 1 aromatic heterocycles. The molecule has 3 N–H and O–H groups in total. The van der Waals surface area contributed by atoms with Gasteiger partial charge in [-0.25, -0.2) is 0 Å². The van der Waals surface area contributed by atoms with Crippen LogP contribution in [-0.2, 0) is 24.1 Å². The number of aliphatic imine (C=N–C) groups is 1. The number of carbonyl (C=O) groups is 1. The van der Waals surface area contributed by atoms with Gasteiger partial charge in [-0.1, -0.05) is 24.3 Å². The van der Waals surface area contributed by atoms with E-state index in [1.54, 1.807) is 6.26 Å². The lowest BCUT2D eigenvalue weighted by Gasteiger charge is -2.28. The Kier molecular flexibility index (Phi) is 7.55. The Hall–Kier alpha value is -2.76. The molecular formula is C24H34N4O2. The number of nitrogens with zero attached hydrogens (tertiary/aromatic N) is 1. The molecule has 0 bridgehead atoms. The summed E-state index contributed by atoms with van der Waals surface area (Å²) in [6.45, 7) is 7.54. The van der Waals surface area contributed by atoms with Crippen LogP contribution in [-0.4, -0.2) is 37.5 Å². The average molecular weight is 411 g/mol. The van der Waals surface area contributed by atoms with E-state index in [0.29, 0.717) is 25.7 Å². The van der Waals surface area contributed by atoms with Gasteiger partial charge in [0.2, 0.25) is 5.91 Å². The second-order valence-corrected chi connectivity index (χ2v) is 8.52. The van der Waals surface area contributed by atoms with Crippen LogP contribution in [0, 0.1) is 5.41 Å². The molecule has 2 aromatic rings. The predicted molar refractivity (Wildman–Crippen MR) is 121 cm³/mol. The molecular weight excluding hydrogens is 376 g/mol. The zero-order chi connectivity index (χ0) is 21.4. The van der Waals surface area contributed by atoms with E-state index in [9.17, 15) is 4.79 Å². The van der Waals surface area contributed by atoms with E-state index in [1.807, 2.05) is 32.9 Å². The van der Waals surface area contributed by atoms with E-state index < -0.39 is 5.41 Å². The Morgan fingerprint density at radius 3 is 2.70 bits per heavy atom. The molecule has 6 heteroatoms. The summed E-state index contributed by atoms with van der Waals surface area (Å²) in [7, 11) is 0. The average Bonchev–Trinajstić information content (AvgIpc) is 3.25. The van der Waals surface area contributed by atoms with Crippen molar-refractivity contribution >= 4 is 11.9 Å². The normalized spacial score (nSPS) is 16.6. The van der Waals surface area contributed by atoms with Crippen molar-refractivity contribution in [3.05, 3.63) is 59.5 Å². The molecule has 162 valence electrons. The minimum Gasteiger partial charge on any atom is -0.469 e. The Morgan fingerprint density at radius 2 is 1.97 bits per heavy atom. The number of aryl methyl sites for hydroxylation is 1. The first-order valence-electron chi connectivity index (χ1n) is 10.9. The van der Waals surface area contributed by atoms with Crippen LogP contribution in [0.2, 0.25) is 0 Å². The molecule has 1 unspecified atom stereocenters. The van der Waals surface area contributed by atoms with Crippen LogP contribution in [0.4, 0.5) is 0 Å². The van der Waals surface area contributed by atoms with Gasteiger partial charge in [0.1, 0.15) is 5.76 Å². The van der Waals surface area contributed by atoms with Gasteiger partial charge in [-0.05, 0) is 63.3 Å². The van der Waals surface area contributed by atoms with E-state index in [1.165, 1.54) is 11.1 Å². The zero-order valence-corrected chi connectivity index (χ0v) is 18.3. The van der Waals surface area contributed by atoms with Crippen LogP contribution in [0.25, 0.3) is 0 Å². The van der Waals surface area contributed by atoms with Gasteiger partial charge in [0.05, 0.1) is 18.2 Å². The second-order valence-electron chi connectivity index (χ2n) is 8.52. The van der Waals surface area contributed by atoms with Crippen molar-refractivity contribution < 1.29 is 9.21 Å². The minimum absolute atomic E-state index is 0.0234. The van der Waals surface area contributed by atoms with Crippen molar-refractivity contribution in [3.63, 3.8) is 0 Å². The van der Waals surface area contributed by atoms with Crippen LogP contribution in [0.15, 0.2) is 52.1 Å². The second kappa shape index (κ2) is 10.3. The maximum absolute atomic E-state index is 12.3. The minimum atomic E-state index is -0.565. The number of furan rings is 1. The van der Waals surface area contributed by atoms with Crippen molar-refractivity contribution in [1.82, 2.24) is 16.0 Å². The lowest BCUT2D eigenvalue weighted by Crippen LogP contribution is -2.47. The molecule has 6 nitrogen and oxygen atoms in total. The molecule has 0 spiro atoms. The molecule has 0 saturated carbocycles. The quantitative estimate of drug-likeness (QED) is 0.462. The summed E-state index contributed by atoms with van der Waals surface area (Å²) in [6, 6.07) is 12.8. The molecule has 0 radical (unpaired) electrons. The first-order chi connectivity index (χ1) is 14.5. The predicted octanol–water partition coefficient (Wildman–Crippen LogP) is 3.08. The summed E-state index contributed by atoms with van der Waals surface area (Å²) in [5, 5.41) is 9.92. The maximum atomic E-state index is 12.3. The van der Waals surface area contributed by atoms with Gasteiger partial charge in [-0.3, -0.25) is 9.79 Å². The van der Waals surface area contributed by atoms with E-state index in [4.69, 9.17) is 9.41 Å². The topological polar surface area (TPSA) is 78.7 Å². The summed E-state index contributed by atoms with van der Waals surface area (Å²) in [5.74, 6) is 1.72. The van der Waals surface area contributed by atoms with E-state index in [0.717, 1.165) is 37.4 Å². The molecule has 1 amide bonds. The summed E-state index contributed by atoms with van der Waals surface area (Å²) in [4.78, 5) is 17.1. The molecule has 0 aliphatic heterocycles. The number of benzene rings is 1. The van der Waals surface area contributed by atoms with Crippen molar-refractivity contribution in [3.8, 4) is 0 Å². The fourth-order valence-corrected chi connectivity index (χ4v) is 3.67. The van der Waals surface area contributed by atoms with E-state index >= 15 is 0 Å². The number of carbonyl (C=O) groups excluding carboxylic acids is 1. The number of hydrogen-bond acceptors (Lipinski definition) is 3. The highest BCUT2D eigenvalue weighted by Crippen LogP contribution is 2.21. The molecule has 0 fully saturated rings. The zero-order valence-electron chi connectivity index (χ0n) is 18.3. The van der Waals surface area contributed by atoms with E-state index in [2.05, 4.69) is 40.2 Å². The SMILES string of the molecule is CCNC(=O)C(C)(C)CN=C(NCCc1ccco1)NC1CCc2ccccc2C1. The highest BCUT2D eigenvalue weighted by Gasteiger charge is 2.27. The van der Waals surface area contributed by atoms with Gasteiger partial charge in [-0.2, -0.15) is 0 Å². The van der Waals surface area contributed by atoms with Crippen LogP contribution >= 0.6 is 0 Å². The molecule has 1 aliphatic rings. The number of rotatable bonds is 8. The third-order valence-corrected chi connectivity index (χ3v) is 5.52.